The molecule has 44 heavy (non-hydrogen) atoms. The van der Waals surface area contributed by atoms with Crippen molar-refractivity contribution in [1.82, 2.24) is 38.8 Å². The van der Waals surface area contributed by atoms with E-state index in [0.29, 0.717) is 38.4 Å². The number of hydrogen-bond donors (Lipinski definition) is 2. The van der Waals surface area contributed by atoms with Crippen LogP contribution in [0.5, 0.6) is 0 Å². The summed E-state index contributed by atoms with van der Waals surface area (Å²) < 4.78 is 34.9. The highest BCUT2D eigenvalue weighted by Gasteiger charge is 2.32. The number of hydrogen-bond acceptors (Lipinski definition) is 12. The van der Waals surface area contributed by atoms with E-state index < -0.39 is 16.1 Å². The smallest absolute Gasteiger partial charge is 0.413 e. The fourth-order valence-corrected chi connectivity index (χ4v) is 8.07. The number of benzene rings is 1. The number of nitrogens with zero attached hydrogens (tertiary/aromatic N) is 8. The third kappa shape index (κ3) is 7.15. The van der Waals surface area contributed by atoms with Gasteiger partial charge in [-0.05, 0) is 34.0 Å². The van der Waals surface area contributed by atoms with Crippen LogP contribution in [0.25, 0.3) is 22.0 Å². The average molecular weight is 643 g/mol. The third-order valence-corrected chi connectivity index (χ3v) is 10.9. The number of para-hydroxylation sites is 1. The summed E-state index contributed by atoms with van der Waals surface area (Å²) >= 11 is 0.926. The van der Waals surface area contributed by atoms with Crippen molar-refractivity contribution >= 4 is 49.3 Å². The Bertz CT molecular complexity index is 1710. The first-order valence-corrected chi connectivity index (χ1v) is 16.5. The van der Waals surface area contributed by atoms with Gasteiger partial charge in [-0.2, -0.15) is 9.40 Å². The van der Waals surface area contributed by atoms with Gasteiger partial charge in [0.25, 0.3) is 10.0 Å². The molecule has 0 saturated carbocycles. The number of nitrogens with one attached hydrogen (secondary N) is 2. The number of ether oxygens (including phenoxy) is 1. The number of piperazine rings is 1. The Kier molecular flexibility index (Phi) is 9.75. The molecule has 0 spiro atoms. The molecule has 1 saturated heterocycles. The van der Waals surface area contributed by atoms with Gasteiger partial charge in [0, 0.05) is 68.0 Å². The lowest BCUT2D eigenvalue weighted by Crippen LogP contribution is -2.50. The maximum absolute atomic E-state index is 13.4. The minimum Gasteiger partial charge on any atom is -0.453 e. The van der Waals surface area contributed by atoms with Gasteiger partial charge in [-0.15, -0.1) is 0 Å². The molecule has 1 fully saturated rings. The monoisotopic (exact) mass is 642 g/mol. The van der Waals surface area contributed by atoms with E-state index in [1.807, 2.05) is 49.4 Å². The van der Waals surface area contributed by atoms with Crippen molar-refractivity contribution in [2.45, 2.75) is 30.6 Å². The van der Waals surface area contributed by atoms with Gasteiger partial charge in [-0.3, -0.25) is 14.9 Å². The van der Waals surface area contributed by atoms with Gasteiger partial charge >= 0.3 is 6.09 Å². The number of likely N-dealkylation sites (N-methyl/N-ethyl adjacent to an activating group) is 1. The van der Waals surface area contributed by atoms with Gasteiger partial charge in [0.2, 0.25) is 0 Å². The zero-order chi connectivity index (χ0) is 31.4. The van der Waals surface area contributed by atoms with Crippen LogP contribution in [0.15, 0.2) is 41.1 Å². The van der Waals surface area contributed by atoms with E-state index in [-0.39, 0.29) is 15.4 Å². The molecule has 1 amide bonds. The molecule has 1 aliphatic rings. The number of methoxy groups -OCH3 is 1. The molecule has 14 nitrogen and oxygen atoms in total. The van der Waals surface area contributed by atoms with Crippen molar-refractivity contribution in [3.8, 4) is 11.1 Å². The van der Waals surface area contributed by atoms with E-state index in [2.05, 4.69) is 52.1 Å². The van der Waals surface area contributed by atoms with Crippen molar-refractivity contribution in [1.29, 1.82) is 0 Å². The average Bonchev–Trinajstić information content (AvgIpc) is 3.62. The Hall–Kier alpha value is -3.70. The third-order valence-electron chi connectivity index (χ3n) is 7.35. The number of aromatic nitrogens is 5. The van der Waals surface area contributed by atoms with Gasteiger partial charge in [-0.1, -0.05) is 23.5 Å². The van der Waals surface area contributed by atoms with Crippen molar-refractivity contribution in [2.75, 3.05) is 71.1 Å². The summed E-state index contributed by atoms with van der Waals surface area (Å²) in [5.41, 5.74) is 3.20. The standard InChI is InChI=1S/C28H38N10O4S2/c1-19(16-36-10-13-38(14-11-36)44(40,41)26-20(2)33-27(43-26)34-28(39)42-5)32-25-23-8-6-7-22(24(23)29-18-30-25)21-15-31-37(17-21)12-9-35(3)4/h6-8,15,17-19H,9-14,16H2,1-5H3,(H,29,30,32)(H,33,34,39). The molecule has 16 heteroatoms. The summed E-state index contributed by atoms with van der Waals surface area (Å²) in [5, 5.41) is 11.6. The number of rotatable bonds is 11. The summed E-state index contributed by atoms with van der Waals surface area (Å²) in [4.78, 5) is 29.2. The molecule has 0 aliphatic carbocycles. The van der Waals surface area contributed by atoms with Crippen LogP contribution in [0.3, 0.4) is 0 Å². The summed E-state index contributed by atoms with van der Waals surface area (Å²) in [6, 6.07) is 6.12. The minimum absolute atomic E-state index is 0.0457. The van der Waals surface area contributed by atoms with Crippen molar-refractivity contribution < 1.29 is 17.9 Å². The van der Waals surface area contributed by atoms with Crippen molar-refractivity contribution in [3.63, 3.8) is 0 Å². The van der Waals surface area contributed by atoms with Crippen LogP contribution in [0.1, 0.15) is 12.6 Å². The molecule has 3 aromatic heterocycles. The molecule has 4 heterocycles. The maximum atomic E-state index is 13.4. The second-order valence-corrected chi connectivity index (χ2v) is 14.1. The molecule has 0 radical (unpaired) electrons. The number of carbonyl (C=O) groups excluding carboxylic acids is 1. The lowest BCUT2D eigenvalue weighted by Gasteiger charge is -2.35. The molecule has 1 aromatic carbocycles. The molecule has 5 rings (SSSR count). The van der Waals surface area contributed by atoms with Gasteiger partial charge in [0.15, 0.2) is 9.34 Å². The molecule has 0 bridgehead atoms. The van der Waals surface area contributed by atoms with E-state index in [9.17, 15) is 13.2 Å². The van der Waals surface area contributed by atoms with Gasteiger partial charge in [0.05, 0.1) is 31.1 Å². The Morgan fingerprint density at radius 1 is 1.18 bits per heavy atom. The summed E-state index contributed by atoms with van der Waals surface area (Å²) in [5.74, 6) is 0.752. The zero-order valence-corrected chi connectivity index (χ0v) is 27.2. The predicted octanol–water partition coefficient (Wildman–Crippen LogP) is 2.81. The number of amides is 1. The molecule has 4 aromatic rings. The number of carbonyl (C=O) groups is 1. The molecule has 236 valence electrons. The van der Waals surface area contributed by atoms with Crippen molar-refractivity contribution in [3.05, 3.63) is 42.6 Å². The first kappa shape index (κ1) is 31.7. The molecule has 1 atom stereocenters. The number of sulfonamides is 1. The molecule has 1 aliphatic heterocycles. The van der Waals surface area contributed by atoms with Crippen LogP contribution < -0.4 is 10.6 Å². The summed E-state index contributed by atoms with van der Waals surface area (Å²) in [6.07, 6.45) is 4.80. The lowest BCUT2D eigenvalue weighted by molar-refractivity contribution is 0.184. The highest BCUT2D eigenvalue weighted by Crippen LogP contribution is 2.31. The number of thiazole rings is 1. The topological polar surface area (TPSA) is 151 Å². The van der Waals surface area contributed by atoms with E-state index in [1.165, 1.54) is 11.4 Å². The Morgan fingerprint density at radius 3 is 2.68 bits per heavy atom. The fourth-order valence-electron chi connectivity index (χ4n) is 5.11. The first-order valence-electron chi connectivity index (χ1n) is 14.3. The summed E-state index contributed by atoms with van der Waals surface area (Å²) in [7, 11) is 1.58. The highest BCUT2D eigenvalue weighted by molar-refractivity contribution is 7.91. The second kappa shape index (κ2) is 13.5. The SMILES string of the molecule is COC(=O)Nc1nc(C)c(S(=O)(=O)N2CCN(CC(C)Nc3ncnc4c(-c5cnn(CCN(C)C)c5)cccc34)CC2)s1. The van der Waals surface area contributed by atoms with E-state index in [4.69, 9.17) is 0 Å². The lowest BCUT2D eigenvalue weighted by atomic mass is 10.1. The predicted molar refractivity (Wildman–Crippen MR) is 170 cm³/mol. The first-order chi connectivity index (χ1) is 21.0. The number of fused-ring (bicyclic) bond motifs is 1. The highest BCUT2D eigenvalue weighted by atomic mass is 32.2. The van der Waals surface area contributed by atoms with Crippen LogP contribution in [-0.4, -0.2) is 120 Å². The quantitative estimate of drug-likeness (QED) is 0.249. The van der Waals surface area contributed by atoms with E-state index in [0.717, 1.165) is 52.3 Å². The van der Waals surface area contributed by atoms with Gasteiger partial charge in [-0.25, -0.2) is 28.2 Å². The van der Waals surface area contributed by atoms with E-state index in [1.54, 1.807) is 13.3 Å². The fraction of sp³-hybridized carbons (Fsp3) is 0.464. The van der Waals surface area contributed by atoms with Crippen LogP contribution in [-0.2, 0) is 21.3 Å². The Balaban J connectivity index is 1.21. The number of aryl methyl sites for hydroxylation is 1. The van der Waals surface area contributed by atoms with Gasteiger partial charge in [0.1, 0.15) is 12.1 Å². The van der Waals surface area contributed by atoms with Crippen LogP contribution in [0, 0.1) is 6.92 Å². The molecular weight excluding hydrogens is 605 g/mol. The molecular formula is C28H38N10O4S2. The molecule has 2 N–H and O–H groups in total. The largest absolute Gasteiger partial charge is 0.453 e. The van der Waals surface area contributed by atoms with E-state index >= 15 is 0 Å². The van der Waals surface area contributed by atoms with Crippen LogP contribution in [0.4, 0.5) is 15.7 Å². The normalized spacial score (nSPS) is 15.5. The Labute approximate surface area is 261 Å². The minimum atomic E-state index is -3.74. The maximum Gasteiger partial charge on any atom is 0.413 e. The molecule has 1 unspecified atom stereocenters. The van der Waals surface area contributed by atoms with Gasteiger partial charge < -0.3 is 15.0 Å². The van der Waals surface area contributed by atoms with Crippen molar-refractivity contribution in [2.24, 2.45) is 0 Å². The zero-order valence-electron chi connectivity index (χ0n) is 25.5. The van der Waals surface area contributed by atoms with Crippen LogP contribution in [0.2, 0.25) is 0 Å². The number of anilines is 2. The summed E-state index contributed by atoms with van der Waals surface area (Å²) in [6.45, 7) is 8.01. The van der Waals surface area contributed by atoms with Crippen LogP contribution >= 0.6 is 11.3 Å². The Morgan fingerprint density at radius 2 is 1.95 bits per heavy atom. The second-order valence-electron chi connectivity index (χ2n) is 11.0.